The highest BCUT2D eigenvalue weighted by Gasteiger charge is 2.61. The number of nitrogens with zero attached hydrogens (tertiary/aromatic N) is 2. The second kappa shape index (κ2) is 13.6. The first-order valence-electron chi connectivity index (χ1n) is 14.8. The van der Waals surface area contributed by atoms with E-state index in [1.165, 1.54) is 24.3 Å². The van der Waals surface area contributed by atoms with Gasteiger partial charge in [0.1, 0.15) is 17.0 Å². The molecule has 0 aliphatic carbocycles. The number of amides is 2. The molecule has 2 saturated heterocycles. The van der Waals surface area contributed by atoms with Crippen LogP contribution in [0.4, 0.5) is 13.6 Å². The van der Waals surface area contributed by atoms with Crippen LogP contribution in [0.15, 0.2) is 36.4 Å². The van der Waals surface area contributed by atoms with Gasteiger partial charge >= 0.3 is 6.09 Å². The number of carbonyl (C=O) groups excluding carboxylic acids is 2. The maximum Gasteiger partial charge on any atom is 0.426 e. The molecule has 12 heteroatoms. The van der Waals surface area contributed by atoms with Gasteiger partial charge in [-0.25, -0.2) is 13.6 Å². The van der Waals surface area contributed by atoms with E-state index in [1.54, 1.807) is 11.1 Å². The summed E-state index contributed by atoms with van der Waals surface area (Å²) in [5, 5.41) is 21.6. The summed E-state index contributed by atoms with van der Waals surface area (Å²) in [5.74, 6) is -3.08. The second-order valence-corrected chi connectivity index (χ2v) is 13.9. The third kappa shape index (κ3) is 7.28. The Morgan fingerprint density at radius 1 is 1.18 bits per heavy atom. The van der Waals surface area contributed by atoms with Gasteiger partial charge in [-0.2, -0.15) is 5.26 Å². The molecule has 0 spiro atoms. The van der Waals surface area contributed by atoms with E-state index in [1.807, 2.05) is 34.6 Å². The van der Waals surface area contributed by atoms with Gasteiger partial charge in [0.15, 0.2) is 0 Å². The number of benzene rings is 2. The molecule has 2 aliphatic heterocycles. The highest BCUT2D eigenvalue weighted by atomic mass is 35.5. The Hall–Kier alpha value is -2.97. The minimum atomic E-state index is -1.70. The van der Waals surface area contributed by atoms with Gasteiger partial charge in [-0.15, -0.1) is 5.06 Å². The predicted octanol–water partition coefficient (Wildman–Crippen LogP) is 6.22. The Kier molecular flexibility index (Phi) is 10.5. The van der Waals surface area contributed by atoms with Crippen molar-refractivity contribution in [2.45, 2.75) is 89.4 Å². The fourth-order valence-corrected chi connectivity index (χ4v) is 6.66. The number of nitrogens with one attached hydrogen (secondary N) is 3. The van der Waals surface area contributed by atoms with Crippen molar-refractivity contribution < 1.29 is 23.2 Å². The third-order valence-electron chi connectivity index (χ3n) is 8.15. The first-order valence-corrected chi connectivity index (χ1v) is 15.5. The summed E-state index contributed by atoms with van der Waals surface area (Å²) in [5.41, 5.74) is -1.98. The maximum atomic E-state index is 15.8. The number of nitriles is 1. The van der Waals surface area contributed by atoms with Crippen molar-refractivity contribution in [2.75, 3.05) is 13.1 Å². The summed E-state index contributed by atoms with van der Waals surface area (Å²) in [6.07, 6.45) is 0.810. The average molecular weight is 651 g/mol. The van der Waals surface area contributed by atoms with Crippen molar-refractivity contribution in [2.24, 2.45) is 5.41 Å². The number of hydrogen-bond acceptors (Lipinski definition) is 6. The van der Waals surface area contributed by atoms with Gasteiger partial charge < -0.3 is 20.8 Å². The molecule has 2 heterocycles. The fourth-order valence-electron chi connectivity index (χ4n) is 6.32. The van der Waals surface area contributed by atoms with Gasteiger partial charge in [0.2, 0.25) is 5.91 Å². The topological polar surface area (TPSA) is 106 Å². The molecule has 0 radical (unpaired) electrons. The van der Waals surface area contributed by atoms with Crippen LogP contribution in [0.3, 0.4) is 0 Å². The quantitative estimate of drug-likeness (QED) is 0.329. The lowest BCUT2D eigenvalue weighted by molar-refractivity contribution is -0.129. The number of rotatable bonds is 7. The molecule has 44 heavy (non-hydrogen) atoms. The highest BCUT2D eigenvalue weighted by molar-refractivity contribution is 6.31. The molecule has 2 fully saturated rings. The summed E-state index contributed by atoms with van der Waals surface area (Å²) in [7, 11) is 0. The molecule has 0 aromatic heterocycles. The first kappa shape index (κ1) is 33.9. The van der Waals surface area contributed by atoms with Crippen LogP contribution in [0.5, 0.6) is 0 Å². The van der Waals surface area contributed by atoms with Gasteiger partial charge in [0.25, 0.3) is 0 Å². The Morgan fingerprint density at radius 2 is 1.86 bits per heavy atom. The SMILES string of the molecule is CC(C)NC(=O)ON1CCC(NC(=O)[C@@H]2N[C@@H](CC(C)(C)C)[C@](C#N)(c3ccc(Cl)cc3F)[C@H]2c2cccc(Cl)c2F)CC1. The van der Waals surface area contributed by atoms with Crippen LogP contribution in [0, 0.1) is 28.4 Å². The molecule has 3 N–H and O–H groups in total. The van der Waals surface area contributed by atoms with Crippen LogP contribution in [0.2, 0.25) is 10.0 Å². The van der Waals surface area contributed by atoms with E-state index in [2.05, 4.69) is 22.0 Å². The number of piperidine rings is 1. The molecule has 238 valence electrons. The highest BCUT2D eigenvalue weighted by Crippen LogP contribution is 2.52. The number of carbonyl (C=O) groups is 2. The predicted molar refractivity (Wildman–Crippen MR) is 165 cm³/mol. The Bertz CT molecular complexity index is 1420. The summed E-state index contributed by atoms with van der Waals surface area (Å²) in [4.78, 5) is 31.4. The van der Waals surface area contributed by atoms with Crippen LogP contribution in [-0.2, 0) is 15.0 Å². The van der Waals surface area contributed by atoms with Crippen LogP contribution < -0.4 is 16.0 Å². The smallest absolute Gasteiger partial charge is 0.352 e. The van der Waals surface area contributed by atoms with Gasteiger partial charge in [-0.1, -0.05) is 62.2 Å². The van der Waals surface area contributed by atoms with E-state index >= 15 is 8.78 Å². The van der Waals surface area contributed by atoms with E-state index in [-0.39, 0.29) is 38.7 Å². The Morgan fingerprint density at radius 3 is 2.45 bits per heavy atom. The van der Waals surface area contributed by atoms with Crippen LogP contribution >= 0.6 is 23.2 Å². The van der Waals surface area contributed by atoms with E-state index in [0.29, 0.717) is 32.4 Å². The van der Waals surface area contributed by atoms with Gasteiger partial charge in [-0.3, -0.25) is 4.79 Å². The zero-order valence-electron chi connectivity index (χ0n) is 25.5. The standard InChI is InChI=1S/C32H39Cl2F2N5O3/c1-18(2)38-30(43)44-41-13-11-20(12-14-41)39-29(42)28-26(21-7-6-8-23(34)27(21)36)32(17-37,25(40-28)16-31(3,4)5)22-10-9-19(33)15-24(22)35/h6-10,15,18,20,25-26,28,40H,11-14,16H2,1-5H3,(H,38,43)(H,39,42)/t25-,26-,28+,32-/m0/s1. The van der Waals surface area contributed by atoms with Crippen LogP contribution in [-0.4, -0.2) is 54.3 Å². The zero-order valence-corrected chi connectivity index (χ0v) is 27.0. The number of hydroxylamine groups is 2. The summed E-state index contributed by atoms with van der Waals surface area (Å²) in [6, 6.07) is 8.66. The van der Waals surface area contributed by atoms with Crippen molar-refractivity contribution in [3.8, 4) is 6.07 Å². The third-order valence-corrected chi connectivity index (χ3v) is 8.68. The lowest BCUT2D eigenvalue weighted by Crippen LogP contribution is -2.52. The van der Waals surface area contributed by atoms with E-state index in [0.717, 1.165) is 6.07 Å². The van der Waals surface area contributed by atoms with E-state index in [4.69, 9.17) is 28.0 Å². The van der Waals surface area contributed by atoms with E-state index < -0.39 is 47.1 Å². The Balaban J connectivity index is 1.71. The summed E-state index contributed by atoms with van der Waals surface area (Å²) >= 11 is 12.3. The van der Waals surface area contributed by atoms with E-state index in [9.17, 15) is 14.9 Å². The summed E-state index contributed by atoms with van der Waals surface area (Å²) in [6.45, 7) is 10.4. The van der Waals surface area contributed by atoms with Crippen molar-refractivity contribution >= 4 is 35.2 Å². The molecule has 4 atom stereocenters. The van der Waals surface area contributed by atoms with Gasteiger partial charge in [0.05, 0.1) is 17.1 Å². The molecular formula is C32H39Cl2F2N5O3. The first-order chi connectivity index (χ1) is 20.7. The van der Waals surface area contributed by atoms with Crippen molar-refractivity contribution in [1.82, 2.24) is 21.0 Å². The van der Waals surface area contributed by atoms with Crippen molar-refractivity contribution in [1.29, 1.82) is 5.26 Å². The minimum Gasteiger partial charge on any atom is -0.352 e. The maximum absolute atomic E-state index is 15.8. The molecular weight excluding hydrogens is 611 g/mol. The van der Waals surface area contributed by atoms with Crippen molar-refractivity contribution in [3.05, 3.63) is 69.2 Å². The fraction of sp³-hybridized carbons (Fsp3) is 0.531. The molecule has 0 unspecified atom stereocenters. The lowest BCUT2D eigenvalue weighted by Gasteiger charge is -2.37. The molecule has 2 amide bonds. The number of hydrogen-bond donors (Lipinski definition) is 3. The molecule has 2 aromatic rings. The molecule has 2 aromatic carbocycles. The number of halogens is 4. The Labute approximate surface area is 267 Å². The van der Waals surface area contributed by atoms with Crippen molar-refractivity contribution in [3.63, 3.8) is 0 Å². The van der Waals surface area contributed by atoms with Crippen LogP contribution in [0.1, 0.15) is 70.9 Å². The van der Waals surface area contributed by atoms with Crippen LogP contribution in [0.25, 0.3) is 0 Å². The van der Waals surface area contributed by atoms with Gasteiger partial charge in [-0.05, 0) is 62.3 Å². The average Bonchev–Trinajstić information content (AvgIpc) is 3.23. The lowest BCUT2D eigenvalue weighted by atomic mass is 9.62. The molecule has 0 bridgehead atoms. The molecule has 0 saturated carbocycles. The largest absolute Gasteiger partial charge is 0.426 e. The normalized spacial score (nSPS) is 24.6. The van der Waals surface area contributed by atoms with Gasteiger partial charge in [0, 0.05) is 47.7 Å². The molecule has 4 rings (SSSR count). The zero-order chi connectivity index (χ0) is 32.4. The monoisotopic (exact) mass is 649 g/mol. The molecule has 8 nitrogen and oxygen atoms in total. The second-order valence-electron chi connectivity index (χ2n) is 13.1. The summed E-state index contributed by atoms with van der Waals surface area (Å²) < 4.78 is 31.6. The minimum absolute atomic E-state index is 0.0240. The molecule has 2 aliphatic rings.